The van der Waals surface area contributed by atoms with E-state index < -0.39 is 30.5 Å². The van der Waals surface area contributed by atoms with Gasteiger partial charge < -0.3 is 10.0 Å². The summed E-state index contributed by atoms with van der Waals surface area (Å²) < 4.78 is 39.3. The molecule has 7 heteroatoms. The molecule has 2 fully saturated rings. The van der Waals surface area contributed by atoms with E-state index in [0.717, 1.165) is 4.90 Å². The molecule has 0 bridgehead atoms. The summed E-state index contributed by atoms with van der Waals surface area (Å²) in [5.41, 5.74) is -3.39. The number of carboxylic acids is 1. The van der Waals surface area contributed by atoms with Crippen LogP contribution in [0.4, 0.5) is 13.2 Å². The van der Waals surface area contributed by atoms with Gasteiger partial charge in [0.25, 0.3) is 0 Å². The average molecular weight is 307 g/mol. The Balaban J connectivity index is 2.20. The van der Waals surface area contributed by atoms with Gasteiger partial charge in [0, 0.05) is 19.0 Å². The minimum Gasteiger partial charge on any atom is -0.481 e. The molecule has 2 rings (SSSR count). The SMILES string of the molecule is CC1(C)C(C(=O)N2CCC(C(=O)O)(C(F)(F)F)C2)C1(C)C. The van der Waals surface area contributed by atoms with Gasteiger partial charge >= 0.3 is 12.1 Å². The van der Waals surface area contributed by atoms with Gasteiger partial charge in [-0.25, -0.2) is 0 Å². The largest absolute Gasteiger partial charge is 0.481 e. The molecule has 1 saturated heterocycles. The maximum atomic E-state index is 13.1. The second-order valence-corrected chi connectivity index (χ2v) is 7.27. The Kier molecular flexibility index (Phi) is 3.17. The van der Waals surface area contributed by atoms with E-state index in [2.05, 4.69) is 0 Å². The van der Waals surface area contributed by atoms with E-state index in [9.17, 15) is 22.8 Å². The Labute approximate surface area is 121 Å². The quantitative estimate of drug-likeness (QED) is 0.853. The lowest BCUT2D eigenvalue weighted by molar-refractivity contribution is -0.227. The maximum absolute atomic E-state index is 13.1. The Hall–Kier alpha value is -1.27. The molecule has 1 N–H and O–H groups in total. The number of aliphatic carboxylic acids is 1. The molecule has 1 heterocycles. The van der Waals surface area contributed by atoms with Crippen molar-refractivity contribution in [2.45, 2.75) is 40.3 Å². The zero-order valence-corrected chi connectivity index (χ0v) is 12.5. The fraction of sp³-hybridized carbons (Fsp3) is 0.857. The summed E-state index contributed by atoms with van der Waals surface area (Å²) in [4.78, 5) is 24.6. The molecule has 1 amide bonds. The Morgan fingerprint density at radius 2 is 1.62 bits per heavy atom. The molecular formula is C14H20F3NO3. The van der Waals surface area contributed by atoms with Gasteiger partial charge in [-0.15, -0.1) is 0 Å². The molecular weight excluding hydrogens is 287 g/mol. The van der Waals surface area contributed by atoms with Crippen molar-refractivity contribution in [2.24, 2.45) is 22.2 Å². The van der Waals surface area contributed by atoms with Crippen LogP contribution in [0.2, 0.25) is 0 Å². The molecule has 0 aromatic heterocycles. The van der Waals surface area contributed by atoms with E-state index in [0.29, 0.717) is 0 Å². The van der Waals surface area contributed by atoms with Gasteiger partial charge in [-0.3, -0.25) is 9.59 Å². The maximum Gasteiger partial charge on any atom is 0.406 e. The lowest BCUT2D eigenvalue weighted by Crippen LogP contribution is -2.48. The molecule has 1 saturated carbocycles. The molecule has 2 aliphatic rings. The Morgan fingerprint density at radius 3 is 1.90 bits per heavy atom. The predicted octanol–water partition coefficient (Wildman–Crippen LogP) is 2.53. The fourth-order valence-corrected chi connectivity index (χ4v) is 3.52. The van der Waals surface area contributed by atoms with E-state index in [1.807, 2.05) is 27.7 Å². The van der Waals surface area contributed by atoms with Crippen LogP contribution < -0.4 is 0 Å². The molecule has 1 aliphatic heterocycles. The number of alkyl halides is 3. The highest BCUT2D eigenvalue weighted by atomic mass is 19.4. The first kappa shape index (κ1) is 16.1. The number of rotatable bonds is 2. The zero-order valence-electron chi connectivity index (χ0n) is 12.5. The molecule has 0 spiro atoms. The van der Waals surface area contributed by atoms with Gasteiger partial charge in [-0.2, -0.15) is 13.2 Å². The molecule has 1 unspecified atom stereocenters. The van der Waals surface area contributed by atoms with E-state index in [-0.39, 0.29) is 29.2 Å². The number of carbonyl (C=O) groups excluding carboxylic acids is 1. The van der Waals surface area contributed by atoms with Crippen molar-refractivity contribution < 1.29 is 27.9 Å². The minimum atomic E-state index is -4.86. The summed E-state index contributed by atoms with van der Waals surface area (Å²) >= 11 is 0. The second-order valence-electron chi connectivity index (χ2n) is 7.27. The fourth-order valence-electron chi connectivity index (χ4n) is 3.52. The summed E-state index contributed by atoms with van der Waals surface area (Å²) in [5, 5.41) is 9.00. The van der Waals surface area contributed by atoms with E-state index in [4.69, 9.17) is 5.11 Å². The molecule has 1 aliphatic carbocycles. The van der Waals surface area contributed by atoms with Crippen LogP contribution in [-0.2, 0) is 9.59 Å². The Morgan fingerprint density at radius 1 is 1.14 bits per heavy atom. The summed E-state index contributed by atoms with van der Waals surface area (Å²) in [6.07, 6.45) is -5.44. The number of amides is 1. The van der Waals surface area contributed by atoms with Crippen molar-refractivity contribution >= 4 is 11.9 Å². The first-order valence-electron chi connectivity index (χ1n) is 6.88. The molecule has 120 valence electrons. The van der Waals surface area contributed by atoms with Gasteiger partial charge in [0.2, 0.25) is 5.91 Å². The van der Waals surface area contributed by atoms with Crippen molar-refractivity contribution in [2.75, 3.05) is 13.1 Å². The van der Waals surface area contributed by atoms with Gasteiger partial charge in [0.1, 0.15) is 0 Å². The van der Waals surface area contributed by atoms with E-state index >= 15 is 0 Å². The lowest BCUT2D eigenvalue weighted by atomic mass is 9.86. The van der Waals surface area contributed by atoms with Gasteiger partial charge in [0.05, 0.1) is 0 Å². The average Bonchev–Trinajstić information content (AvgIpc) is 2.67. The molecule has 0 aromatic carbocycles. The third kappa shape index (κ3) is 1.96. The summed E-state index contributed by atoms with van der Waals surface area (Å²) in [7, 11) is 0. The molecule has 1 atom stereocenters. The van der Waals surface area contributed by atoms with Crippen LogP contribution in [0, 0.1) is 22.2 Å². The van der Waals surface area contributed by atoms with Gasteiger partial charge in [-0.1, -0.05) is 27.7 Å². The van der Waals surface area contributed by atoms with E-state index in [1.54, 1.807) is 0 Å². The van der Waals surface area contributed by atoms with Crippen molar-refractivity contribution in [1.29, 1.82) is 0 Å². The van der Waals surface area contributed by atoms with Crippen LogP contribution in [0.5, 0.6) is 0 Å². The number of carbonyl (C=O) groups is 2. The highest BCUT2D eigenvalue weighted by Crippen LogP contribution is 2.69. The first-order chi connectivity index (χ1) is 9.29. The number of hydrogen-bond donors (Lipinski definition) is 1. The third-order valence-electron chi connectivity index (χ3n) is 5.80. The van der Waals surface area contributed by atoms with Crippen molar-refractivity contribution in [3.8, 4) is 0 Å². The van der Waals surface area contributed by atoms with Gasteiger partial charge in [0.15, 0.2) is 5.41 Å². The van der Waals surface area contributed by atoms with Crippen molar-refractivity contribution in [1.82, 2.24) is 4.90 Å². The highest BCUT2D eigenvalue weighted by molar-refractivity contribution is 5.86. The summed E-state index contributed by atoms with van der Waals surface area (Å²) in [5.74, 6) is -2.63. The van der Waals surface area contributed by atoms with Crippen molar-refractivity contribution in [3.63, 3.8) is 0 Å². The second kappa shape index (κ2) is 4.14. The molecule has 0 aromatic rings. The minimum absolute atomic E-state index is 0.159. The van der Waals surface area contributed by atoms with Crippen LogP contribution in [-0.4, -0.2) is 41.1 Å². The number of likely N-dealkylation sites (tertiary alicyclic amines) is 1. The molecule has 21 heavy (non-hydrogen) atoms. The van der Waals surface area contributed by atoms with Crippen LogP contribution in [0.15, 0.2) is 0 Å². The standard InChI is InChI=1S/C14H20F3NO3/c1-11(2)8(12(11,3)4)9(19)18-6-5-13(7-18,10(20)21)14(15,16)17/h8H,5-7H2,1-4H3,(H,20,21). The summed E-state index contributed by atoms with van der Waals surface area (Å²) in [6.45, 7) is 6.67. The lowest BCUT2D eigenvalue weighted by Gasteiger charge is -2.27. The molecule has 4 nitrogen and oxygen atoms in total. The van der Waals surface area contributed by atoms with Crippen LogP contribution in [0.25, 0.3) is 0 Å². The number of carboxylic acid groups (broad SMARTS) is 1. The zero-order chi connectivity index (χ0) is 16.4. The Bertz CT molecular complexity index is 484. The van der Waals surface area contributed by atoms with Crippen LogP contribution >= 0.6 is 0 Å². The normalized spacial score (nSPS) is 31.3. The number of halogens is 3. The highest BCUT2D eigenvalue weighted by Gasteiger charge is 2.71. The monoisotopic (exact) mass is 307 g/mol. The predicted molar refractivity (Wildman–Crippen MR) is 68.4 cm³/mol. The third-order valence-corrected chi connectivity index (χ3v) is 5.80. The van der Waals surface area contributed by atoms with Crippen LogP contribution in [0.1, 0.15) is 34.1 Å². The smallest absolute Gasteiger partial charge is 0.406 e. The van der Waals surface area contributed by atoms with Crippen molar-refractivity contribution in [3.05, 3.63) is 0 Å². The van der Waals surface area contributed by atoms with E-state index in [1.165, 1.54) is 0 Å². The molecule has 0 radical (unpaired) electrons. The van der Waals surface area contributed by atoms with Crippen LogP contribution in [0.3, 0.4) is 0 Å². The topological polar surface area (TPSA) is 57.6 Å². The van der Waals surface area contributed by atoms with Gasteiger partial charge in [-0.05, 0) is 17.3 Å². The number of hydrogen-bond acceptors (Lipinski definition) is 2. The summed E-state index contributed by atoms with van der Waals surface area (Å²) in [6, 6.07) is 0. The number of nitrogens with zero attached hydrogens (tertiary/aromatic N) is 1. The first-order valence-corrected chi connectivity index (χ1v) is 6.88.